The zero-order valence-corrected chi connectivity index (χ0v) is 16.0. The second-order valence-corrected chi connectivity index (χ2v) is 6.32. The normalized spacial score (nSPS) is 11.4. The number of rotatable bonds is 8. The van der Waals surface area contributed by atoms with E-state index in [9.17, 15) is 4.39 Å². The molecule has 0 saturated heterocycles. The molecule has 2 N–H and O–H groups in total. The molecule has 0 aliphatic heterocycles. The van der Waals surface area contributed by atoms with Gasteiger partial charge in [-0.05, 0) is 43.2 Å². The Morgan fingerprint density at radius 3 is 2.57 bits per heavy atom. The molecular formula is C22H25FN4O. The summed E-state index contributed by atoms with van der Waals surface area (Å²) in [6.07, 6.45) is 3.24. The molecule has 0 atom stereocenters. The third-order valence-corrected chi connectivity index (χ3v) is 4.17. The number of halogens is 1. The Balaban J connectivity index is 1.50. The first-order valence-electron chi connectivity index (χ1n) is 9.51. The van der Waals surface area contributed by atoms with Gasteiger partial charge in [-0.3, -0.25) is 4.99 Å². The summed E-state index contributed by atoms with van der Waals surface area (Å²) in [5.41, 5.74) is 2.87. The lowest BCUT2D eigenvalue weighted by Crippen LogP contribution is -2.38. The van der Waals surface area contributed by atoms with Crippen LogP contribution in [0.2, 0.25) is 0 Å². The molecule has 146 valence electrons. The van der Waals surface area contributed by atoms with Gasteiger partial charge in [0, 0.05) is 31.6 Å². The molecule has 6 heteroatoms. The minimum atomic E-state index is -0.277. The molecule has 0 aliphatic carbocycles. The fourth-order valence-electron chi connectivity index (χ4n) is 2.74. The van der Waals surface area contributed by atoms with Crippen LogP contribution in [0.15, 0.2) is 70.3 Å². The maximum Gasteiger partial charge on any atom is 0.226 e. The number of hydrogen-bond acceptors (Lipinski definition) is 3. The minimum Gasteiger partial charge on any atom is -0.444 e. The van der Waals surface area contributed by atoms with E-state index < -0.39 is 0 Å². The molecule has 1 heterocycles. The second kappa shape index (κ2) is 10.3. The molecule has 3 aromatic rings. The third kappa shape index (κ3) is 5.94. The van der Waals surface area contributed by atoms with Crippen LogP contribution < -0.4 is 10.6 Å². The summed E-state index contributed by atoms with van der Waals surface area (Å²) in [6.45, 7) is 4.25. The monoisotopic (exact) mass is 380 g/mol. The van der Waals surface area contributed by atoms with Gasteiger partial charge in [-0.1, -0.05) is 30.3 Å². The molecule has 0 bridgehead atoms. The number of aromatic nitrogens is 1. The van der Waals surface area contributed by atoms with Gasteiger partial charge in [-0.25, -0.2) is 9.37 Å². The Morgan fingerprint density at radius 1 is 1.04 bits per heavy atom. The molecular weight excluding hydrogens is 355 g/mol. The summed E-state index contributed by atoms with van der Waals surface area (Å²) in [5.74, 6) is 1.01. The van der Waals surface area contributed by atoms with Gasteiger partial charge in [0.15, 0.2) is 5.96 Å². The summed E-state index contributed by atoms with van der Waals surface area (Å²) < 4.78 is 18.5. The van der Waals surface area contributed by atoms with Gasteiger partial charge in [0.2, 0.25) is 5.89 Å². The van der Waals surface area contributed by atoms with Crippen LogP contribution in [0.5, 0.6) is 0 Å². The van der Waals surface area contributed by atoms with Gasteiger partial charge in [0.1, 0.15) is 12.1 Å². The Kier molecular flexibility index (Phi) is 7.18. The lowest BCUT2D eigenvalue weighted by molar-refractivity contribution is 0.572. The van der Waals surface area contributed by atoms with Gasteiger partial charge >= 0.3 is 0 Å². The number of guanidine groups is 1. The molecule has 0 aliphatic rings. The molecule has 2 aromatic carbocycles. The molecule has 5 nitrogen and oxygen atoms in total. The first-order chi connectivity index (χ1) is 13.7. The van der Waals surface area contributed by atoms with Gasteiger partial charge < -0.3 is 15.1 Å². The van der Waals surface area contributed by atoms with Crippen LogP contribution in [-0.4, -0.2) is 30.6 Å². The zero-order valence-electron chi connectivity index (χ0n) is 16.0. The minimum absolute atomic E-state index is 0.277. The van der Waals surface area contributed by atoms with Crippen LogP contribution in [0.1, 0.15) is 18.2 Å². The van der Waals surface area contributed by atoms with Gasteiger partial charge in [-0.15, -0.1) is 0 Å². The maximum atomic E-state index is 13.0. The van der Waals surface area contributed by atoms with Crippen molar-refractivity contribution in [2.24, 2.45) is 4.99 Å². The quantitative estimate of drug-likeness (QED) is 0.461. The number of nitrogens with zero attached hydrogens (tertiary/aromatic N) is 2. The number of hydrogen-bond donors (Lipinski definition) is 2. The number of benzene rings is 2. The predicted octanol–water partition coefficient (Wildman–Crippen LogP) is 3.82. The molecule has 0 amide bonds. The summed E-state index contributed by atoms with van der Waals surface area (Å²) in [4.78, 5) is 9.05. The van der Waals surface area contributed by atoms with Gasteiger partial charge in [0.25, 0.3) is 0 Å². The van der Waals surface area contributed by atoms with Crippen molar-refractivity contribution in [1.29, 1.82) is 0 Å². The molecule has 0 spiro atoms. The van der Waals surface area contributed by atoms with E-state index in [1.807, 2.05) is 25.1 Å². The van der Waals surface area contributed by atoms with Crippen molar-refractivity contribution in [1.82, 2.24) is 15.6 Å². The average molecular weight is 380 g/mol. The molecule has 0 radical (unpaired) electrons. The Hall–Kier alpha value is -3.15. The molecule has 1 aromatic heterocycles. The molecule has 0 fully saturated rings. The van der Waals surface area contributed by atoms with E-state index in [-0.39, 0.29) is 5.82 Å². The highest BCUT2D eigenvalue weighted by Crippen LogP contribution is 2.19. The number of aliphatic imine (C=N–C) groups is 1. The summed E-state index contributed by atoms with van der Waals surface area (Å²) in [5, 5.41) is 6.60. The number of oxazole rings is 1. The zero-order chi connectivity index (χ0) is 19.6. The van der Waals surface area contributed by atoms with E-state index in [2.05, 4.69) is 32.7 Å². The maximum absolute atomic E-state index is 13.0. The topological polar surface area (TPSA) is 62.5 Å². The standard InChI is InChI=1S/C22H25FN4O/c1-2-24-22(25-14-12-17-6-4-3-5-7-17)26-15-13-20-16-28-21(27-20)18-8-10-19(23)11-9-18/h3-11,16H,2,12-15H2,1H3,(H2,24,25,26). The molecule has 28 heavy (non-hydrogen) atoms. The van der Waals surface area contributed by atoms with E-state index in [4.69, 9.17) is 4.42 Å². The average Bonchev–Trinajstić information content (AvgIpc) is 3.18. The second-order valence-electron chi connectivity index (χ2n) is 6.32. The first-order valence-corrected chi connectivity index (χ1v) is 9.51. The van der Waals surface area contributed by atoms with E-state index in [1.54, 1.807) is 18.4 Å². The summed E-state index contributed by atoms with van der Waals surface area (Å²) in [6, 6.07) is 16.5. The summed E-state index contributed by atoms with van der Waals surface area (Å²) >= 11 is 0. The Bertz CT molecular complexity index is 875. The Morgan fingerprint density at radius 2 is 1.82 bits per heavy atom. The van der Waals surface area contributed by atoms with Crippen molar-refractivity contribution in [3.05, 3.63) is 77.9 Å². The van der Waals surface area contributed by atoms with Crippen molar-refractivity contribution >= 4 is 5.96 Å². The molecule has 3 rings (SSSR count). The lowest BCUT2D eigenvalue weighted by atomic mass is 10.1. The van der Waals surface area contributed by atoms with Crippen molar-refractivity contribution in [2.75, 3.05) is 19.6 Å². The Labute approximate surface area is 164 Å². The van der Waals surface area contributed by atoms with E-state index in [1.165, 1.54) is 17.7 Å². The van der Waals surface area contributed by atoms with E-state index in [0.717, 1.165) is 36.7 Å². The van der Waals surface area contributed by atoms with E-state index >= 15 is 0 Å². The van der Waals surface area contributed by atoms with Crippen molar-refractivity contribution in [3.63, 3.8) is 0 Å². The lowest BCUT2D eigenvalue weighted by Gasteiger charge is -2.11. The highest BCUT2D eigenvalue weighted by atomic mass is 19.1. The van der Waals surface area contributed by atoms with Crippen LogP contribution in [-0.2, 0) is 12.8 Å². The summed E-state index contributed by atoms with van der Waals surface area (Å²) in [7, 11) is 0. The van der Waals surface area contributed by atoms with Crippen LogP contribution in [0, 0.1) is 5.82 Å². The highest BCUT2D eigenvalue weighted by molar-refractivity contribution is 5.79. The van der Waals surface area contributed by atoms with Crippen molar-refractivity contribution in [2.45, 2.75) is 19.8 Å². The van der Waals surface area contributed by atoms with Crippen molar-refractivity contribution in [3.8, 4) is 11.5 Å². The highest BCUT2D eigenvalue weighted by Gasteiger charge is 2.07. The van der Waals surface area contributed by atoms with Gasteiger partial charge in [0.05, 0.1) is 5.69 Å². The number of nitrogens with one attached hydrogen (secondary N) is 2. The van der Waals surface area contributed by atoms with Crippen LogP contribution in [0.3, 0.4) is 0 Å². The van der Waals surface area contributed by atoms with Crippen LogP contribution >= 0.6 is 0 Å². The van der Waals surface area contributed by atoms with Crippen LogP contribution in [0.25, 0.3) is 11.5 Å². The fourth-order valence-corrected chi connectivity index (χ4v) is 2.74. The smallest absolute Gasteiger partial charge is 0.226 e. The third-order valence-electron chi connectivity index (χ3n) is 4.17. The van der Waals surface area contributed by atoms with Crippen LogP contribution in [0.4, 0.5) is 4.39 Å². The first kappa shape index (κ1) is 19.6. The SMILES string of the molecule is CCNC(=NCCc1coc(-c2ccc(F)cc2)n1)NCCc1ccccc1. The molecule has 0 saturated carbocycles. The largest absolute Gasteiger partial charge is 0.444 e. The molecule has 0 unspecified atom stereocenters. The van der Waals surface area contributed by atoms with Gasteiger partial charge in [-0.2, -0.15) is 0 Å². The van der Waals surface area contributed by atoms with Crippen molar-refractivity contribution < 1.29 is 8.81 Å². The van der Waals surface area contributed by atoms with E-state index in [0.29, 0.717) is 18.9 Å². The predicted molar refractivity (Wildman–Crippen MR) is 110 cm³/mol. The fraction of sp³-hybridized carbons (Fsp3) is 0.273.